The number of fused-ring (bicyclic) bond motifs is 1. The summed E-state index contributed by atoms with van der Waals surface area (Å²) in [6.45, 7) is 0. The molecule has 3 nitrogen and oxygen atoms in total. The van der Waals surface area contributed by atoms with E-state index in [2.05, 4.69) is 4.98 Å². The highest BCUT2D eigenvalue weighted by Crippen LogP contribution is 2.34. The normalized spacial score (nSPS) is 9.77. The molecule has 62 valence electrons. The lowest BCUT2D eigenvalue weighted by Crippen LogP contribution is -1.88. The molecule has 3 heteroatoms. The maximum atomic E-state index is 11.4. The first kappa shape index (κ1) is 7.56. The fourth-order valence-corrected chi connectivity index (χ4v) is 1.31. The average Bonchev–Trinajstić information content (AvgIpc) is 2.48. The van der Waals surface area contributed by atoms with E-state index >= 15 is 0 Å². The second kappa shape index (κ2) is 2.76. The molecule has 0 unspecified atom stereocenters. The number of diazo groups is 1. The van der Waals surface area contributed by atoms with Crippen LogP contribution in [0.1, 0.15) is 0 Å². The Morgan fingerprint density at radius 1 is 1.15 bits per heavy atom. The maximum absolute atomic E-state index is 11.4. The zero-order chi connectivity index (χ0) is 9.26. The summed E-state index contributed by atoms with van der Waals surface area (Å²) in [6, 6.07) is 10.0. The van der Waals surface area contributed by atoms with Crippen LogP contribution in [-0.2, 0) is 0 Å². The van der Waals surface area contributed by atoms with Crippen LogP contribution >= 0.6 is 0 Å². The quantitative estimate of drug-likeness (QED) is 0.570. The van der Waals surface area contributed by atoms with Gasteiger partial charge in [0.25, 0.3) is 0 Å². The summed E-state index contributed by atoms with van der Waals surface area (Å²) < 4.78 is 0. The molecule has 0 aromatic rings. The molecule has 0 saturated carbocycles. The van der Waals surface area contributed by atoms with Gasteiger partial charge in [-0.15, -0.1) is 5.75 Å². The van der Waals surface area contributed by atoms with Gasteiger partial charge in [-0.3, -0.25) is 0 Å². The van der Waals surface area contributed by atoms with E-state index in [0.29, 0.717) is 11.3 Å². The fourth-order valence-electron chi connectivity index (χ4n) is 1.31. The fraction of sp³-hybridized carbons (Fsp3) is 0. The summed E-state index contributed by atoms with van der Waals surface area (Å²) in [5.41, 5.74) is 1.79. The van der Waals surface area contributed by atoms with Crippen molar-refractivity contribution in [1.29, 1.82) is 5.39 Å². The van der Waals surface area contributed by atoms with E-state index in [1.165, 1.54) is 6.07 Å². The van der Waals surface area contributed by atoms with Crippen molar-refractivity contribution < 1.29 is 5.11 Å². The largest absolute Gasteiger partial charge is 0.872 e. The first-order chi connectivity index (χ1) is 6.31. The smallest absolute Gasteiger partial charge is 0.386 e. The van der Waals surface area contributed by atoms with Crippen LogP contribution in [0.5, 0.6) is 5.75 Å². The van der Waals surface area contributed by atoms with E-state index in [-0.39, 0.29) is 5.75 Å². The Labute approximate surface area is 75.2 Å². The molecule has 0 saturated heterocycles. The standard InChI is InChI=1S/C10H6N2O/c11-12-8-5-7-3-1-2-4-10(13)9(7)6-8/h1-6H. The number of rotatable bonds is 0. The number of hydrogen-bond donors (Lipinski definition) is 0. The SMILES string of the molecule is N#[N+]c1cc2ccccc([O-])c-2c1. The van der Waals surface area contributed by atoms with E-state index in [1.807, 2.05) is 6.07 Å². The molecule has 0 aromatic carbocycles. The van der Waals surface area contributed by atoms with Gasteiger partial charge in [-0.25, -0.2) is 0 Å². The molecule has 2 aliphatic carbocycles. The zero-order valence-electron chi connectivity index (χ0n) is 6.77. The summed E-state index contributed by atoms with van der Waals surface area (Å²) in [4.78, 5) is 3.03. The predicted octanol–water partition coefficient (Wildman–Crippen LogP) is 2.35. The molecule has 0 heterocycles. The zero-order valence-corrected chi connectivity index (χ0v) is 6.77. The van der Waals surface area contributed by atoms with Gasteiger partial charge in [-0.1, -0.05) is 24.3 Å². The third kappa shape index (κ3) is 1.18. The van der Waals surface area contributed by atoms with Crippen LogP contribution < -0.4 is 5.11 Å². The Morgan fingerprint density at radius 2 is 1.92 bits per heavy atom. The highest BCUT2D eigenvalue weighted by molar-refractivity contribution is 5.79. The Bertz CT molecular complexity index is 459. The molecule has 0 radical (unpaired) electrons. The lowest BCUT2D eigenvalue weighted by Gasteiger charge is -2.04. The van der Waals surface area contributed by atoms with Crippen molar-refractivity contribution in [3.05, 3.63) is 41.4 Å². The topological polar surface area (TPSA) is 51.2 Å². The molecule has 0 spiro atoms. The Morgan fingerprint density at radius 3 is 2.69 bits per heavy atom. The van der Waals surface area contributed by atoms with Gasteiger partial charge in [0.15, 0.2) is 4.98 Å². The molecule has 0 fully saturated rings. The molecule has 0 amide bonds. The molecule has 0 atom stereocenters. The van der Waals surface area contributed by atoms with Crippen LogP contribution in [0.25, 0.3) is 16.1 Å². The molecular formula is C10H6N2O. The number of nitrogens with zero attached hydrogens (tertiary/aromatic N) is 2. The number of hydrogen-bond acceptors (Lipinski definition) is 2. The Kier molecular flexibility index (Phi) is 1.60. The molecule has 2 rings (SSSR count). The first-order valence-electron chi connectivity index (χ1n) is 3.86. The molecule has 0 aliphatic heterocycles. The van der Waals surface area contributed by atoms with Gasteiger partial charge < -0.3 is 5.11 Å². The van der Waals surface area contributed by atoms with Crippen molar-refractivity contribution in [1.82, 2.24) is 0 Å². The van der Waals surface area contributed by atoms with Gasteiger partial charge in [0.2, 0.25) is 5.39 Å². The van der Waals surface area contributed by atoms with Crippen molar-refractivity contribution in [2.24, 2.45) is 0 Å². The predicted molar refractivity (Wildman–Crippen MR) is 47.3 cm³/mol. The van der Waals surface area contributed by atoms with Gasteiger partial charge in [0, 0.05) is 12.1 Å². The summed E-state index contributed by atoms with van der Waals surface area (Å²) >= 11 is 0. The van der Waals surface area contributed by atoms with E-state index in [9.17, 15) is 5.11 Å². The lowest BCUT2D eigenvalue weighted by molar-refractivity contribution is -0.267. The van der Waals surface area contributed by atoms with Crippen molar-refractivity contribution in [3.63, 3.8) is 0 Å². The summed E-state index contributed by atoms with van der Waals surface area (Å²) in [5, 5.41) is 19.9. The van der Waals surface area contributed by atoms with Gasteiger partial charge >= 0.3 is 5.69 Å². The lowest BCUT2D eigenvalue weighted by atomic mass is 10.2. The first-order valence-corrected chi connectivity index (χ1v) is 3.86. The third-order valence-corrected chi connectivity index (χ3v) is 1.92. The van der Waals surface area contributed by atoms with Crippen molar-refractivity contribution in [3.8, 4) is 16.9 Å². The van der Waals surface area contributed by atoms with Crippen LogP contribution in [0, 0.1) is 5.39 Å². The van der Waals surface area contributed by atoms with E-state index < -0.39 is 0 Å². The van der Waals surface area contributed by atoms with Crippen molar-refractivity contribution >= 4 is 5.69 Å². The highest BCUT2D eigenvalue weighted by Gasteiger charge is 2.12. The third-order valence-electron chi connectivity index (χ3n) is 1.92. The van der Waals surface area contributed by atoms with Gasteiger partial charge in [-0.2, -0.15) is 0 Å². The van der Waals surface area contributed by atoms with Crippen LogP contribution in [0.2, 0.25) is 0 Å². The van der Waals surface area contributed by atoms with E-state index in [4.69, 9.17) is 5.39 Å². The van der Waals surface area contributed by atoms with Gasteiger partial charge in [0.1, 0.15) is 0 Å². The summed E-state index contributed by atoms with van der Waals surface area (Å²) in [6.07, 6.45) is 0. The van der Waals surface area contributed by atoms with Crippen LogP contribution in [0.3, 0.4) is 0 Å². The van der Waals surface area contributed by atoms with Crippen molar-refractivity contribution in [2.45, 2.75) is 0 Å². The summed E-state index contributed by atoms with van der Waals surface area (Å²) in [5.74, 6) is -0.0603. The van der Waals surface area contributed by atoms with Gasteiger partial charge in [0.05, 0.1) is 0 Å². The minimum Gasteiger partial charge on any atom is -0.872 e. The maximum Gasteiger partial charge on any atom is 0.386 e. The average molecular weight is 170 g/mol. The van der Waals surface area contributed by atoms with Gasteiger partial charge in [-0.05, 0) is 11.1 Å². The highest BCUT2D eigenvalue weighted by atomic mass is 16.3. The monoisotopic (exact) mass is 170 g/mol. The molecule has 2 aliphatic rings. The van der Waals surface area contributed by atoms with E-state index in [1.54, 1.807) is 24.3 Å². The second-order valence-electron chi connectivity index (χ2n) is 2.77. The Balaban J connectivity index is 2.77. The minimum absolute atomic E-state index is 0.0603. The van der Waals surface area contributed by atoms with Crippen LogP contribution in [0.15, 0.2) is 36.4 Å². The van der Waals surface area contributed by atoms with Crippen LogP contribution in [-0.4, -0.2) is 0 Å². The molecule has 0 N–H and O–H groups in total. The molecular weight excluding hydrogens is 164 g/mol. The molecule has 0 bridgehead atoms. The van der Waals surface area contributed by atoms with Crippen LogP contribution in [0.4, 0.5) is 5.69 Å². The second-order valence-corrected chi connectivity index (χ2v) is 2.77. The minimum atomic E-state index is -0.0603. The van der Waals surface area contributed by atoms with E-state index in [0.717, 1.165) is 5.56 Å². The Hall–Kier alpha value is -2.08. The van der Waals surface area contributed by atoms with Crippen molar-refractivity contribution in [2.75, 3.05) is 0 Å². The molecule has 0 aromatic heterocycles. The summed E-state index contributed by atoms with van der Waals surface area (Å²) in [7, 11) is 0. The molecule has 13 heavy (non-hydrogen) atoms.